The number of allylic oxidation sites excluding steroid dienone is 1. The molecule has 0 saturated carbocycles. The van der Waals surface area contributed by atoms with Gasteiger partial charge in [-0.05, 0) is 55.8 Å². The van der Waals surface area contributed by atoms with Crippen molar-refractivity contribution in [1.29, 1.82) is 0 Å². The summed E-state index contributed by atoms with van der Waals surface area (Å²) in [5, 5.41) is 4.19. The normalized spacial score (nSPS) is 12.2. The molecule has 0 N–H and O–H groups in total. The molecule has 1 heterocycles. The number of hydrogen-bond acceptors (Lipinski definition) is 4. The zero-order valence-electron chi connectivity index (χ0n) is 16.7. The quantitative estimate of drug-likeness (QED) is 0.390. The van der Waals surface area contributed by atoms with E-state index in [0.717, 1.165) is 26.2 Å². The zero-order chi connectivity index (χ0) is 19.1. The Morgan fingerprint density at radius 1 is 1.15 bits per heavy atom. The Morgan fingerprint density at radius 2 is 1.96 bits per heavy atom. The molecule has 3 nitrogen and oxygen atoms in total. The highest BCUT2D eigenvalue weighted by Gasteiger charge is 2.02. The molecular weight excluding hydrogens is 342 g/mol. The van der Waals surface area contributed by atoms with E-state index in [2.05, 4.69) is 73.4 Å². The highest BCUT2D eigenvalue weighted by molar-refractivity contribution is 7.08. The first-order valence-corrected chi connectivity index (χ1v) is 10.2. The third-order valence-corrected chi connectivity index (χ3v) is 4.15. The molecule has 0 amide bonds. The van der Waals surface area contributed by atoms with Crippen molar-refractivity contribution >= 4 is 17.4 Å². The van der Waals surface area contributed by atoms with Crippen molar-refractivity contribution in [3.8, 4) is 11.8 Å². The van der Waals surface area contributed by atoms with Crippen LogP contribution in [0.2, 0.25) is 0 Å². The fraction of sp³-hybridized carbons (Fsp3) is 0.545. The summed E-state index contributed by atoms with van der Waals surface area (Å²) in [5.74, 6) is 6.31. The first kappa shape index (κ1) is 22.7. The van der Waals surface area contributed by atoms with Gasteiger partial charge in [0.1, 0.15) is 0 Å². The lowest BCUT2D eigenvalue weighted by Crippen LogP contribution is -2.28. The average molecular weight is 376 g/mol. The maximum absolute atomic E-state index is 5.65. The van der Waals surface area contributed by atoms with Crippen molar-refractivity contribution in [2.24, 2.45) is 5.41 Å². The van der Waals surface area contributed by atoms with Crippen LogP contribution in [0.5, 0.6) is 0 Å². The third-order valence-electron chi connectivity index (χ3n) is 3.45. The molecule has 0 unspecified atom stereocenters. The van der Waals surface area contributed by atoms with Crippen molar-refractivity contribution < 1.29 is 9.47 Å². The second-order valence-corrected chi connectivity index (χ2v) is 7.74. The van der Waals surface area contributed by atoms with Gasteiger partial charge in [-0.3, -0.25) is 4.90 Å². The monoisotopic (exact) mass is 375 g/mol. The van der Waals surface area contributed by atoms with Gasteiger partial charge in [0.25, 0.3) is 0 Å². The predicted molar refractivity (Wildman–Crippen MR) is 113 cm³/mol. The Kier molecular flexibility index (Phi) is 12.0. The molecule has 0 aromatic carbocycles. The summed E-state index contributed by atoms with van der Waals surface area (Å²) in [6, 6.07) is 2.09. The van der Waals surface area contributed by atoms with Crippen LogP contribution in [0.3, 0.4) is 0 Å². The van der Waals surface area contributed by atoms with E-state index in [-0.39, 0.29) is 5.41 Å². The van der Waals surface area contributed by atoms with Gasteiger partial charge in [-0.2, -0.15) is 11.3 Å². The molecule has 1 aromatic heterocycles. The Labute approximate surface area is 163 Å². The molecule has 0 bridgehead atoms. The maximum atomic E-state index is 5.65. The van der Waals surface area contributed by atoms with Crippen molar-refractivity contribution in [2.75, 3.05) is 46.1 Å². The molecule has 144 valence electrons. The lowest BCUT2D eigenvalue weighted by atomic mass is 9.98. The van der Waals surface area contributed by atoms with Crippen LogP contribution in [0.1, 0.15) is 33.3 Å². The molecule has 0 aliphatic rings. The molecular formula is C22H33NO2S. The average Bonchev–Trinajstić information content (AvgIpc) is 3.10. The van der Waals surface area contributed by atoms with Gasteiger partial charge in [-0.25, -0.2) is 0 Å². The second-order valence-electron chi connectivity index (χ2n) is 6.96. The molecule has 0 aliphatic carbocycles. The highest BCUT2D eigenvalue weighted by Crippen LogP contribution is 2.09. The summed E-state index contributed by atoms with van der Waals surface area (Å²) in [7, 11) is 0. The molecule has 1 aromatic rings. The number of nitrogens with zero attached hydrogens (tertiary/aromatic N) is 1. The molecule has 0 atom stereocenters. The van der Waals surface area contributed by atoms with E-state index in [1.807, 2.05) is 12.2 Å². The Bertz CT molecular complexity index is 574. The van der Waals surface area contributed by atoms with Gasteiger partial charge >= 0.3 is 0 Å². The fourth-order valence-corrected chi connectivity index (χ4v) is 2.64. The van der Waals surface area contributed by atoms with Gasteiger partial charge in [0.15, 0.2) is 0 Å². The largest absolute Gasteiger partial charge is 0.378 e. The first-order chi connectivity index (χ1) is 12.5. The van der Waals surface area contributed by atoms with Crippen LogP contribution in [0, 0.1) is 17.3 Å². The molecule has 0 fully saturated rings. The number of hydrogen-bond donors (Lipinski definition) is 0. The summed E-state index contributed by atoms with van der Waals surface area (Å²) >= 11 is 1.70. The number of rotatable bonds is 12. The van der Waals surface area contributed by atoms with E-state index in [0.29, 0.717) is 19.8 Å². The molecule has 4 heteroatoms. The molecule has 0 radical (unpaired) electrons. The Hall–Kier alpha value is -1.38. The van der Waals surface area contributed by atoms with Crippen LogP contribution < -0.4 is 0 Å². The van der Waals surface area contributed by atoms with Crippen molar-refractivity contribution in [2.45, 2.75) is 27.7 Å². The zero-order valence-corrected chi connectivity index (χ0v) is 17.5. The molecule has 1 rings (SSSR count). The maximum Gasteiger partial charge on any atom is 0.0704 e. The van der Waals surface area contributed by atoms with Gasteiger partial charge in [0.05, 0.1) is 26.4 Å². The first-order valence-electron chi connectivity index (χ1n) is 9.25. The van der Waals surface area contributed by atoms with Gasteiger partial charge in [-0.15, -0.1) is 0 Å². The van der Waals surface area contributed by atoms with E-state index in [4.69, 9.17) is 9.47 Å². The molecule has 0 aliphatic heterocycles. The van der Waals surface area contributed by atoms with Crippen LogP contribution in [0.15, 0.2) is 35.1 Å². The van der Waals surface area contributed by atoms with Crippen molar-refractivity contribution in [1.82, 2.24) is 4.90 Å². The van der Waals surface area contributed by atoms with Crippen LogP contribution >= 0.6 is 11.3 Å². The number of ether oxygens (including phenoxy) is 2. The summed E-state index contributed by atoms with van der Waals surface area (Å²) in [6.45, 7) is 14.0. The highest BCUT2D eigenvalue weighted by atomic mass is 32.1. The van der Waals surface area contributed by atoms with Gasteiger partial charge in [0, 0.05) is 18.5 Å². The van der Waals surface area contributed by atoms with Crippen LogP contribution in [0.4, 0.5) is 0 Å². The predicted octanol–water partition coefficient (Wildman–Crippen LogP) is 4.72. The Morgan fingerprint density at radius 3 is 2.65 bits per heavy atom. The summed E-state index contributed by atoms with van der Waals surface area (Å²) in [5.41, 5.74) is 1.29. The third kappa shape index (κ3) is 12.9. The number of likely N-dealkylation sites (N-methyl/N-ethyl adjacent to an activating group) is 1. The van der Waals surface area contributed by atoms with E-state index >= 15 is 0 Å². The van der Waals surface area contributed by atoms with Crippen LogP contribution in [-0.4, -0.2) is 51.0 Å². The minimum Gasteiger partial charge on any atom is -0.378 e. The van der Waals surface area contributed by atoms with Gasteiger partial charge in [0.2, 0.25) is 0 Å². The van der Waals surface area contributed by atoms with E-state index in [1.165, 1.54) is 5.56 Å². The van der Waals surface area contributed by atoms with E-state index in [9.17, 15) is 0 Å². The smallest absolute Gasteiger partial charge is 0.0704 e. The fourth-order valence-electron chi connectivity index (χ4n) is 2.02. The van der Waals surface area contributed by atoms with Crippen molar-refractivity contribution in [3.63, 3.8) is 0 Å². The lowest BCUT2D eigenvalue weighted by molar-refractivity contribution is 0.0493. The Balaban J connectivity index is 2.02. The summed E-state index contributed by atoms with van der Waals surface area (Å²) < 4.78 is 11.2. The molecule has 0 spiro atoms. The number of thiophene rings is 1. The van der Waals surface area contributed by atoms with Gasteiger partial charge < -0.3 is 9.47 Å². The standard InChI is InChI=1S/C22H33NO2S/c1-5-23(13-8-6-7-12-22(2,3)4)14-16-25-18-17-24-15-9-10-21-11-19-26-20-21/h6,8-11,19-20H,5,13-18H2,1-4H3/b8-6+,10-9+. The van der Waals surface area contributed by atoms with E-state index in [1.54, 1.807) is 11.3 Å². The van der Waals surface area contributed by atoms with Gasteiger partial charge in [-0.1, -0.05) is 37.0 Å². The van der Waals surface area contributed by atoms with Crippen molar-refractivity contribution in [3.05, 3.63) is 40.6 Å². The van der Waals surface area contributed by atoms with Crippen LogP contribution in [0.25, 0.3) is 6.08 Å². The van der Waals surface area contributed by atoms with E-state index < -0.39 is 0 Å². The summed E-state index contributed by atoms with van der Waals surface area (Å²) in [4.78, 5) is 2.33. The summed E-state index contributed by atoms with van der Waals surface area (Å²) in [6.07, 6.45) is 8.18. The minimum absolute atomic E-state index is 0.0599. The second kappa shape index (κ2) is 13.8. The topological polar surface area (TPSA) is 21.7 Å². The minimum atomic E-state index is 0.0599. The SMILES string of the molecule is CCN(C/C=C/C#CC(C)(C)C)CCOCCOC/C=C/c1ccsc1. The molecule has 26 heavy (non-hydrogen) atoms. The van der Waals surface area contributed by atoms with Crippen LogP contribution in [-0.2, 0) is 9.47 Å². The lowest BCUT2D eigenvalue weighted by Gasteiger charge is -2.18. The molecule has 0 saturated heterocycles.